The molecule has 0 bridgehead atoms. The smallest absolute Gasteiger partial charge is 0.224 e. The highest BCUT2D eigenvalue weighted by atomic mass is 35.5. The first-order valence-electron chi connectivity index (χ1n) is 8.52. The molecule has 140 valence electrons. The van der Waals surface area contributed by atoms with E-state index in [9.17, 15) is 4.79 Å². The van der Waals surface area contributed by atoms with Gasteiger partial charge in [0, 0.05) is 23.0 Å². The van der Waals surface area contributed by atoms with Gasteiger partial charge in [-0.2, -0.15) is 0 Å². The van der Waals surface area contributed by atoms with E-state index in [4.69, 9.17) is 22.1 Å². The van der Waals surface area contributed by atoms with Crippen LogP contribution in [0.25, 0.3) is 0 Å². The van der Waals surface area contributed by atoms with Gasteiger partial charge in [0.25, 0.3) is 0 Å². The molecule has 3 rings (SSSR count). The van der Waals surface area contributed by atoms with Crippen LogP contribution in [0.2, 0.25) is 5.02 Å². The minimum Gasteiger partial charge on any atom is -0.369 e. The van der Waals surface area contributed by atoms with Gasteiger partial charge in [-0.1, -0.05) is 60.1 Å². The minimum atomic E-state index is -0.303. The fourth-order valence-electron chi connectivity index (χ4n) is 3.15. The summed E-state index contributed by atoms with van der Waals surface area (Å²) < 4.78 is 5.92. The van der Waals surface area contributed by atoms with Crippen molar-refractivity contribution >= 4 is 29.9 Å². The monoisotopic (exact) mass is 394 g/mol. The second kappa shape index (κ2) is 9.38. The molecule has 2 N–H and O–H groups in total. The Morgan fingerprint density at radius 1 is 1.23 bits per heavy atom. The highest BCUT2D eigenvalue weighted by Crippen LogP contribution is 2.30. The van der Waals surface area contributed by atoms with Gasteiger partial charge in [-0.25, -0.2) is 0 Å². The van der Waals surface area contributed by atoms with Gasteiger partial charge in [0.05, 0.1) is 19.2 Å². The summed E-state index contributed by atoms with van der Waals surface area (Å²) >= 11 is 6.28. The maximum absolute atomic E-state index is 12.8. The van der Waals surface area contributed by atoms with E-state index in [1.165, 1.54) is 0 Å². The lowest BCUT2D eigenvalue weighted by Gasteiger charge is -2.39. The molecule has 2 aromatic carbocycles. The van der Waals surface area contributed by atoms with Crippen molar-refractivity contribution in [1.82, 2.24) is 4.90 Å². The molecule has 3 atom stereocenters. The van der Waals surface area contributed by atoms with Gasteiger partial charge >= 0.3 is 0 Å². The van der Waals surface area contributed by atoms with Crippen molar-refractivity contribution in [2.75, 3.05) is 13.2 Å². The van der Waals surface area contributed by atoms with E-state index in [2.05, 4.69) is 0 Å². The lowest BCUT2D eigenvalue weighted by molar-refractivity contribution is -0.144. The number of benzene rings is 2. The van der Waals surface area contributed by atoms with Crippen LogP contribution >= 0.6 is 24.0 Å². The van der Waals surface area contributed by atoms with Crippen molar-refractivity contribution in [3.05, 3.63) is 70.7 Å². The number of carbonyl (C=O) groups is 1. The molecule has 26 heavy (non-hydrogen) atoms. The maximum atomic E-state index is 12.8. The largest absolute Gasteiger partial charge is 0.369 e. The van der Waals surface area contributed by atoms with Crippen molar-refractivity contribution < 1.29 is 9.53 Å². The summed E-state index contributed by atoms with van der Waals surface area (Å²) in [6.07, 6.45) is 0.0747. The third-order valence-electron chi connectivity index (χ3n) is 4.63. The molecular formula is C20H24Cl2N2O2. The van der Waals surface area contributed by atoms with Gasteiger partial charge in [-0.05, 0) is 18.6 Å². The molecular weight excluding hydrogens is 371 g/mol. The van der Waals surface area contributed by atoms with E-state index in [0.29, 0.717) is 18.2 Å². The topological polar surface area (TPSA) is 55.6 Å². The van der Waals surface area contributed by atoms with Crippen LogP contribution in [0.3, 0.4) is 0 Å². The third kappa shape index (κ3) is 4.77. The standard InChI is InChI=1S/C20H23ClN2O2.ClH/c1-14-13-25-19(16-9-5-6-10-17(16)21)12-23(14)20(24)11-18(22)15-7-3-2-4-8-15;/h2-10,14,18-19H,11-13,22H2,1H3;1H. The summed E-state index contributed by atoms with van der Waals surface area (Å²) in [7, 11) is 0. The number of morpholine rings is 1. The normalized spacial score (nSPS) is 21.0. The van der Waals surface area contributed by atoms with E-state index in [1.54, 1.807) is 0 Å². The van der Waals surface area contributed by atoms with Crippen LogP contribution < -0.4 is 5.73 Å². The Balaban J connectivity index is 0.00000243. The predicted molar refractivity (Wildman–Crippen MR) is 107 cm³/mol. The Morgan fingerprint density at radius 3 is 2.58 bits per heavy atom. The molecule has 4 nitrogen and oxygen atoms in total. The molecule has 1 heterocycles. The molecule has 1 aliphatic rings. The Kier molecular flexibility index (Phi) is 7.47. The summed E-state index contributed by atoms with van der Waals surface area (Å²) in [5.41, 5.74) is 8.11. The van der Waals surface area contributed by atoms with Crippen LogP contribution in [0.15, 0.2) is 54.6 Å². The quantitative estimate of drug-likeness (QED) is 0.847. The zero-order valence-electron chi connectivity index (χ0n) is 14.7. The average Bonchev–Trinajstić information content (AvgIpc) is 2.63. The number of halogens is 2. The number of ether oxygens (including phenoxy) is 1. The molecule has 0 aliphatic carbocycles. The van der Waals surface area contributed by atoms with Gasteiger partial charge in [-0.3, -0.25) is 4.79 Å². The molecule has 0 saturated carbocycles. The Morgan fingerprint density at radius 2 is 1.88 bits per heavy atom. The molecule has 0 radical (unpaired) electrons. The van der Waals surface area contributed by atoms with E-state index in [1.807, 2.05) is 66.4 Å². The van der Waals surface area contributed by atoms with Gasteiger partial charge in [0.2, 0.25) is 5.91 Å². The lowest BCUT2D eigenvalue weighted by atomic mass is 10.0. The van der Waals surface area contributed by atoms with Gasteiger partial charge in [0.1, 0.15) is 6.10 Å². The average molecular weight is 395 g/mol. The Labute approximate surface area is 165 Å². The summed E-state index contributed by atoms with van der Waals surface area (Å²) in [6.45, 7) is 2.97. The molecule has 6 heteroatoms. The van der Waals surface area contributed by atoms with E-state index < -0.39 is 0 Å². The first-order valence-corrected chi connectivity index (χ1v) is 8.90. The van der Waals surface area contributed by atoms with Crippen molar-refractivity contribution in [1.29, 1.82) is 0 Å². The molecule has 3 unspecified atom stereocenters. The van der Waals surface area contributed by atoms with Crippen molar-refractivity contribution in [2.45, 2.75) is 31.5 Å². The van der Waals surface area contributed by atoms with Crippen molar-refractivity contribution in [3.63, 3.8) is 0 Å². The Hall–Kier alpha value is -1.59. The SMILES string of the molecule is CC1COC(c2ccccc2Cl)CN1C(=O)CC(N)c1ccccc1.Cl. The Bertz CT molecular complexity index is 727. The number of carbonyl (C=O) groups excluding carboxylic acids is 1. The second-order valence-electron chi connectivity index (χ2n) is 6.46. The van der Waals surface area contributed by atoms with Crippen LogP contribution in [0.5, 0.6) is 0 Å². The van der Waals surface area contributed by atoms with E-state index in [-0.39, 0.29) is 42.9 Å². The van der Waals surface area contributed by atoms with Crippen molar-refractivity contribution in [3.8, 4) is 0 Å². The van der Waals surface area contributed by atoms with Crippen LogP contribution in [0, 0.1) is 0 Å². The van der Waals surface area contributed by atoms with Crippen molar-refractivity contribution in [2.24, 2.45) is 5.73 Å². The van der Waals surface area contributed by atoms with Gasteiger partial charge < -0.3 is 15.4 Å². The molecule has 1 fully saturated rings. The molecule has 1 saturated heterocycles. The fraction of sp³-hybridized carbons (Fsp3) is 0.350. The predicted octanol–water partition coefficient (Wildman–Crippen LogP) is 4.14. The van der Waals surface area contributed by atoms with Crippen LogP contribution in [-0.2, 0) is 9.53 Å². The number of nitrogens with two attached hydrogens (primary N) is 1. The number of amides is 1. The molecule has 1 aliphatic heterocycles. The van der Waals surface area contributed by atoms with Crippen LogP contribution in [0.4, 0.5) is 0 Å². The second-order valence-corrected chi connectivity index (χ2v) is 6.87. The fourth-order valence-corrected chi connectivity index (χ4v) is 3.41. The zero-order valence-corrected chi connectivity index (χ0v) is 16.2. The number of rotatable bonds is 4. The lowest BCUT2D eigenvalue weighted by Crippen LogP contribution is -2.48. The molecule has 0 aromatic heterocycles. The van der Waals surface area contributed by atoms with Crippen LogP contribution in [-0.4, -0.2) is 30.0 Å². The summed E-state index contributed by atoms with van der Waals surface area (Å²) in [5, 5.41) is 0.662. The molecule has 1 amide bonds. The highest BCUT2D eigenvalue weighted by molar-refractivity contribution is 6.31. The first-order chi connectivity index (χ1) is 12.1. The maximum Gasteiger partial charge on any atom is 0.224 e. The van der Waals surface area contributed by atoms with Gasteiger partial charge in [-0.15, -0.1) is 12.4 Å². The summed E-state index contributed by atoms with van der Waals surface area (Å²) in [4.78, 5) is 14.7. The summed E-state index contributed by atoms with van der Waals surface area (Å²) in [5.74, 6) is 0.0456. The number of hydrogen-bond acceptors (Lipinski definition) is 3. The number of hydrogen-bond donors (Lipinski definition) is 1. The third-order valence-corrected chi connectivity index (χ3v) is 4.97. The first kappa shape index (κ1) is 20.7. The number of nitrogens with zero attached hydrogens (tertiary/aromatic N) is 1. The highest BCUT2D eigenvalue weighted by Gasteiger charge is 2.31. The minimum absolute atomic E-state index is 0. The van der Waals surface area contributed by atoms with Gasteiger partial charge in [0.15, 0.2) is 0 Å². The zero-order chi connectivity index (χ0) is 17.8. The molecule has 0 spiro atoms. The van der Waals surface area contributed by atoms with Crippen LogP contribution in [0.1, 0.15) is 36.6 Å². The van der Waals surface area contributed by atoms with E-state index >= 15 is 0 Å². The van der Waals surface area contributed by atoms with E-state index in [0.717, 1.165) is 11.1 Å². The molecule has 2 aromatic rings. The summed E-state index contributed by atoms with van der Waals surface area (Å²) in [6, 6.07) is 17.0.